The summed E-state index contributed by atoms with van der Waals surface area (Å²) in [4.78, 5) is 23.3. The minimum absolute atomic E-state index is 0.113. The number of Topliss-reactive ketones (excluding diaryl/α,β-unsaturated/α-hetero) is 1. The van der Waals surface area contributed by atoms with E-state index in [4.69, 9.17) is 0 Å². The van der Waals surface area contributed by atoms with Crippen LogP contribution in [-0.4, -0.2) is 37.4 Å². The fourth-order valence-corrected chi connectivity index (χ4v) is 0.783. The van der Waals surface area contributed by atoms with Gasteiger partial charge in [0.05, 0.1) is 0 Å². The molecule has 1 rings (SSSR count). The summed E-state index contributed by atoms with van der Waals surface area (Å²) in [7, 11) is 3.48. The minimum Gasteiger partial charge on any atom is -0.454 e. The lowest BCUT2D eigenvalue weighted by molar-refractivity contribution is -0.135. The molecule has 0 aliphatic carbocycles. The Morgan fingerprint density at radius 1 is 1.45 bits per heavy atom. The molecule has 0 N–H and O–H groups in total. The van der Waals surface area contributed by atoms with Crippen LogP contribution in [0.3, 0.4) is 0 Å². The highest BCUT2D eigenvalue weighted by atomic mass is 16.5. The van der Waals surface area contributed by atoms with Crippen molar-refractivity contribution in [1.82, 2.24) is 4.90 Å². The fraction of sp³-hybridized carbons (Fsp3) is 0.429. The number of nitrogens with zero attached hydrogens (tertiary/aromatic N) is 1. The van der Waals surface area contributed by atoms with Gasteiger partial charge in [-0.05, 0) is 0 Å². The third-order valence-corrected chi connectivity index (χ3v) is 1.24. The first-order valence-electron chi connectivity index (χ1n) is 3.20. The van der Waals surface area contributed by atoms with E-state index < -0.39 is 5.97 Å². The molecule has 1 saturated heterocycles. The molecule has 0 bridgehead atoms. The SMILES string of the molecule is CN(C)/C=C1\C(=O)COC1=O. The zero-order valence-electron chi connectivity index (χ0n) is 6.46. The van der Waals surface area contributed by atoms with Crippen LogP contribution in [-0.2, 0) is 14.3 Å². The number of ether oxygens (including phenoxy) is 1. The smallest absolute Gasteiger partial charge is 0.343 e. The Morgan fingerprint density at radius 2 is 2.09 bits per heavy atom. The van der Waals surface area contributed by atoms with Crippen molar-refractivity contribution in [2.45, 2.75) is 0 Å². The lowest BCUT2D eigenvalue weighted by Gasteiger charge is -2.03. The summed E-state index contributed by atoms with van der Waals surface area (Å²) < 4.78 is 4.50. The molecule has 4 nitrogen and oxygen atoms in total. The first-order valence-corrected chi connectivity index (χ1v) is 3.20. The Balaban J connectivity index is 2.84. The Morgan fingerprint density at radius 3 is 2.45 bits per heavy atom. The number of carbonyl (C=O) groups excluding carboxylic acids is 2. The van der Waals surface area contributed by atoms with Crippen molar-refractivity contribution in [3.05, 3.63) is 11.8 Å². The first-order chi connectivity index (χ1) is 5.11. The van der Waals surface area contributed by atoms with E-state index in [1.165, 1.54) is 6.20 Å². The lowest BCUT2D eigenvalue weighted by atomic mass is 10.2. The van der Waals surface area contributed by atoms with Crippen LogP contribution in [0.25, 0.3) is 0 Å². The van der Waals surface area contributed by atoms with Crippen LogP contribution in [0.1, 0.15) is 0 Å². The van der Waals surface area contributed by atoms with Crippen molar-refractivity contribution in [2.75, 3.05) is 20.7 Å². The van der Waals surface area contributed by atoms with Gasteiger partial charge in [-0.15, -0.1) is 0 Å². The molecule has 0 saturated carbocycles. The molecule has 1 aliphatic rings. The number of hydrogen-bond acceptors (Lipinski definition) is 4. The zero-order chi connectivity index (χ0) is 8.43. The number of esters is 1. The lowest BCUT2D eigenvalue weighted by Crippen LogP contribution is -2.09. The maximum atomic E-state index is 10.9. The van der Waals surface area contributed by atoms with Gasteiger partial charge in [-0.3, -0.25) is 4.79 Å². The monoisotopic (exact) mass is 155 g/mol. The van der Waals surface area contributed by atoms with Gasteiger partial charge in [0.2, 0.25) is 5.78 Å². The second kappa shape index (κ2) is 2.74. The Labute approximate surface area is 64.4 Å². The maximum Gasteiger partial charge on any atom is 0.343 e. The quantitative estimate of drug-likeness (QED) is 0.292. The molecule has 0 aromatic carbocycles. The van der Waals surface area contributed by atoms with Crippen molar-refractivity contribution in [3.8, 4) is 0 Å². The van der Waals surface area contributed by atoms with E-state index in [2.05, 4.69) is 4.74 Å². The highest BCUT2D eigenvalue weighted by Gasteiger charge is 2.28. The van der Waals surface area contributed by atoms with Crippen molar-refractivity contribution >= 4 is 11.8 Å². The third-order valence-electron chi connectivity index (χ3n) is 1.24. The number of ketones is 1. The van der Waals surface area contributed by atoms with E-state index in [-0.39, 0.29) is 18.0 Å². The predicted molar refractivity (Wildman–Crippen MR) is 37.7 cm³/mol. The van der Waals surface area contributed by atoms with Gasteiger partial charge in [-0.2, -0.15) is 0 Å². The zero-order valence-corrected chi connectivity index (χ0v) is 6.46. The highest BCUT2D eigenvalue weighted by molar-refractivity contribution is 6.21. The van der Waals surface area contributed by atoms with Crippen LogP contribution in [0, 0.1) is 0 Å². The van der Waals surface area contributed by atoms with Crippen molar-refractivity contribution < 1.29 is 14.3 Å². The molecule has 0 spiro atoms. The second-order valence-electron chi connectivity index (χ2n) is 2.51. The summed E-state index contributed by atoms with van der Waals surface area (Å²) in [5.74, 6) is -0.771. The van der Waals surface area contributed by atoms with Gasteiger partial charge in [-0.1, -0.05) is 0 Å². The number of hydrogen-bond donors (Lipinski definition) is 0. The number of rotatable bonds is 1. The Hall–Kier alpha value is -1.32. The van der Waals surface area contributed by atoms with Crippen molar-refractivity contribution in [1.29, 1.82) is 0 Å². The minimum atomic E-state index is -0.524. The van der Waals surface area contributed by atoms with Crippen LogP contribution in [0.5, 0.6) is 0 Å². The molecule has 0 aromatic rings. The standard InChI is InChI=1S/C7H9NO3/c1-8(2)3-5-6(9)4-11-7(5)10/h3H,4H2,1-2H3/b5-3+. The number of cyclic esters (lactones) is 1. The second-order valence-corrected chi connectivity index (χ2v) is 2.51. The maximum absolute atomic E-state index is 10.9. The summed E-state index contributed by atoms with van der Waals surface area (Å²) in [5.41, 5.74) is 0.134. The largest absolute Gasteiger partial charge is 0.454 e. The van der Waals surface area contributed by atoms with E-state index >= 15 is 0 Å². The first kappa shape index (κ1) is 7.78. The van der Waals surface area contributed by atoms with Gasteiger partial charge in [0.15, 0.2) is 6.61 Å². The molecule has 1 fully saturated rings. The molecule has 1 aliphatic heterocycles. The van der Waals surface area contributed by atoms with Crippen LogP contribution in [0.15, 0.2) is 11.8 Å². The van der Waals surface area contributed by atoms with Gasteiger partial charge >= 0.3 is 5.97 Å². The molecule has 0 atom stereocenters. The van der Waals surface area contributed by atoms with Crippen LogP contribution >= 0.6 is 0 Å². The summed E-state index contributed by atoms with van der Waals surface area (Å²) >= 11 is 0. The summed E-state index contributed by atoms with van der Waals surface area (Å²) in [6.07, 6.45) is 1.47. The van der Waals surface area contributed by atoms with E-state index in [0.29, 0.717) is 0 Å². The summed E-state index contributed by atoms with van der Waals surface area (Å²) in [5, 5.41) is 0. The molecule has 0 radical (unpaired) electrons. The average molecular weight is 155 g/mol. The Bertz CT molecular complexity index is 212. The molecule has 0 amide bonds. The fourth-order valence-electron chi connectivity index (χ4n) is 0.783. The van der Waals surface area contributed by atoms with E-state index in [0.717, 1.165) is 0 Å². The van der Waals surface area contributed by atoms with Crippen LogP contribution < -0.4 is 0 Å². The van der Waals surface area contributed by atoms with E-state index in [1.807, 2.05) is 0 Å². The van der Waals surface area contributed by atoms with Gasteiger partial charge in [0.25, 0.3) is 0 Å². The van der Waals surface area contributed by atoms with E-state index in [1.54, 1.807) is 19.0 Å². The molecule has 1 heterocycles. The molecule has 60 valence electrons. The number of carbonyl (C=O) groups is 2. The van der Waals surface area contributed by atoms with Gasteiger partial charge in [-0.25, -0.2) is 4.79 Å². The van der Waals surface area contributed by atoms with Crippen molar-refractivity contribution in [3.63, 3.8) is 0 Å². The predicted octanol–water partition coefficient (Wildman–Crippen LogP) is -0.442. The van der Waals surface area contributed by atoms with Crippen LogP contribution in [0.2, 0.25) is 0 Å². The van der Waals surface area contributed by atoms with Crippen molar-refractivity contribution in [2.24, 2.45) is 0 Å². The van der Waals surface area contributed by atoms with E-state index in [9.17, 15) is 9.59 Å². The van der Waals surface area contributed by atoms with Gasteiger partial charge < -0.3 is 9.64 Å². The molecule has 0 unspecified atom stereocenters. The Kier molecular flexibility index (Phi) is 1.94. The third kappa shape index (κ3) is 1.58. The van der Waals surface area contributed by atoms with Gasteiger partial charge in [0.1, 0.15) is 5.57 Å². The molecule has 11 heavy (non-hydrogen) atoms. The molecular weight excluding hydrogens is 146 g/mol. The molecule has 0 aromatic heterocycles. The average Bonchev–Trinajstić information content (AvgIpc) is 2.18. The summed E-state index contributed by atoms with van der Waals surface area (Å²) in [6.45, 7) is -0.113. The molecular formula is C7H9NO3. The highest BCUT2D eigenvalue weighted by Crippen LogP contribution is 2.08. The van der Waals surface area contributed by atoms with Crippen LogP contribution in [0.4, 0.5) is 0 Å². The summed E-state index contributed by atoms with van der Waals surface area (Å²) in [6, 6.07) is 0. The normalized spacial score (nSPS) is 20.7. The molecule has 4 heteroatoms. The van der Waals surface area contributed by atoms with Gasteiger partial charge in [0, 0.05) is 20.3 Å². The topological polar surface area (TPSA) is 46.6 Å².